The summed E-state index contributed by atoms with van der Waals surface area (Å²) in [5.74, 6) is -0.348. The van der Waals surface area contributed by atoms with Gasteiger partial charge in [-0.1, -0.05) is 134 Å². The first-order chi connectivity index (χ1) is 21.9. The fourth-order valence-corrected chi connectivity index (χ4v) is 5.48. The summed E-state index contributed by atoms with van der Waals surface area (Å²) in [5, 5.41) is 0. The molecule has 264 valence electrons. The van der Waals surface area contributed by atoms with Crippen LogP contribution in [-0.2, 0) is 27.9 Å². The van der Waals surface area contributed by atoms with Crippen LogP contribution in [0.2, 0.25) is 0 Å². The van der Waals surface area contributed by atoms with Gasteiger partial charge in [-0.15, -0.1) is 0 Å². The van der Waals surface area contributed by atoms with Crippen molar-refractivity contribution in [3.05, 3.63) is 36.5 Å². The molecule has 0 fully saturated rings. The maximum atomic E-state index is 12.5. The Morgan fingerprint density at radius 3 is 1.87 bits per heavy atom. The molecule has 0 rings (SSSR count). The fraction of sp³-hybridized carbons (Fsp3) is 0.806. The Labute approximate surface area is 276 Å². The van der Waals surface area contributed by atoms with E-state index in [1.807, 2.05) is 0 Å². The Morgan fingerprint density at radius 2 is 1.24 bits per heavy atom. The zero-order chi connectivity index (χ0) is 33.1. The van der Waals surface area contributed by atoms with Gasteiger partial charge in [0.2, 0.25) is 0 Å². The van der Waals surface area contributed by atoms with Gasteiger partial charge >= 0.3 is 13.8 Å². The van der Waals surface area contributed by atoms with Crippen molar-refractivity contribution in [2.75, 3.05) is 33.0 Å². The number of carbonyl (C=O) groups excluding carboxylic acids is 1. The number of unbranched alkanes of at least 4 members (excludes halogenated alkanes) is 15. The number of nitrogens with two attached hydrogens (primary N) is 1. The van der Waals surface area contributed by atoms with Gasteiger partial charge in [0.25, 0.3) is 0 Å². The number of carbonyl (C=O) groups is 1. The molecule has 0 spiro atoms. The predicted molar refractivity (Wildman–Crippen MR) is 187 cm³/mol. The van der Waals surface area contributed by atoms with E-state index < -0.39 is 13.9 Å². The monoisotopic (exact) mass is 657 g/mol. The van der Waals surface area contributed by atoms with Crippen molar-refractivity contribution in [3.8, 4) is 0 Å². The van der Waals surface area contributed by atoms with Gasteiger partial charge in [0.05, 0.1) is 19.8 Å². The summed E-state index contributed by atoms with van der Waals surface area (Å²) in [6.45, 7) is 4.77. The van der Waals surface area contributed by atoms with Crippen LogP contribution in [0.1, 0.15) is 149 Å². The number of hydrogen-bond acceptors (Lipinski definition) is 7. The summed E-state index contributed by atoms with van der Waals surface area (Å²) in [4.78, 5) is 22.3. The minimum Gasteiger partial charge on any atom is -0.457 e. The number of esters is 1. The van der Waals surface area contributed by atoms with Crippen LogP contribution in [0.5, 0.6) is 0 Å². The lowest BCUT2D eigenvalue weighted by atomic mass is 10.1. The molecule has 0 saturated heterocycles. The molecule has 9 heteroatoms. The van der Waals surface area contributed by atoms with E-state index in [1.54, 1.807) is 0 Å². The lowest BCUT2D eigenvalue weighted by Gasteiger charge is -2.20. The standard InChI is InChI=1S/C36H68NO7P/c1-3-5-7-9-11-13-15-16-17-18-19-21-23-25-27-29-36(38)44-35(34-43-45(39,40)42-32-30-37)33-41-31-28-26-24-22-20-14-12-10-8-6-4-2/h5,7,11,13,16-17,35H,3-4,6,8-10,12,14-15,18-34,37H2,1-2H3,(H,39,40)/b7-5-,13-11-,17-16-. The quantitative estimate of drug-likeness (QED) is 0.0304. The van der Waals surface area contributed by atoms with E-state index in [1.165, 1.54) is 57.8 Å². The molecule has 0 aliphatic rings. The lowest BCUT2D eigenvalue weighted by Crippen LogP contribution is -2.28. The third-order valence-electron chi connectivity index (χ3n) is 7.32. The molecule has 3 N–H and O–H groups in total. The Hall–Kier alpha value is -1.28. The lowest BCUT2D eigenvalue weighted by molar-refractivity contribution is -0.154. The van der Waals surface area contributed by atoms with Crippen LogP contribution in [0.3, 0.4) is 0 Å². The van der Waals surface area contributed by atoms with Gasteiger partial charge in [0.15, 0.2) is 0 Å². The first-order valence-electron chi connectivity index (χ1n) is 18.0. The average molecular weight is 658 g/mol. The van der Waals surface area contributed by atoms with E-state index in [-0.39, 0.29) is 32.3 Å². The summed E-state index contributed by atoms with van der Waals surface area (Å²) < 4.78 is 33.2. The van der Waals surface area contributed by atoms with E-state index in [9.17, 15) is 14.3 Å². The Kier molecular flexibility index (Phi) is 33.1. The number of hydrogen-bond donors (Lipinski definition) is 2. The highest BCUT2D eigenvalue weighted by Gasteiger charge is 2.25. The molecule has 0 aromatic carbocycles. The van der Waals surface area contributed by atoms with Crippen molar-refractivity contribution in [2.45, 2.75) is 155 Å². The molecule has 0 aromatic heterocycles. The van der Waals surface area contributed by atoms with Gasteiger partial charge < -0.3 is 20.1 Å². The molecule has 0 aliphatic carbocycles. The molecule has 0 saturated carbocycles. The Morgan fingerprint density at radius 1 is 0.689 bits per heavy atom. The predicted octanol–water partition coefficient (Wildman–Crippen LogP) is 9.91. The second kappa shape index (κ2) is 34.1. The largest absolute Gasteiger partial charge is 0.472 e. The van der Waals surface area contributed by atoms with Crippen LogP contribution in [0.15, 0.2) is 36.5 Å². The van der Waals surface area contributed by atoms with Gasteiger partial charge in [0.1, 0.15) is 6.10 Å². The van der Waals surface area contributed by atoms with Gasteiger partial charge in [0, 0.05) is 19.6 Å². The zero-order valence-corrected chi connectivity index (χ0v) is 29.7. The second-order valence-corrected chi connectivity index (χ2v) is 13.2. The van der Waals surface area contributed by atoms with Crippen molar-refractivity contribution in [2.24, 2.45) is 5.73 Å². The summed E-state index contributed by atoms with van der Waals surface area (Å²) in [7, 11) is -4.27. The molecular formula is C36H68NO7P. The molecule has 2 unspecified atom stereocenters. The van der Waals surface area contributed by atoms with Gasteiger partial charge in [-0.2, -0.15) is 0 Å². The van der Waals surface area contributed by atoms with E-state index in [0.717, 1.165) is 70.6 Å². The van der Waals surface area contributed by atoms with E-state index in [0.29, 0.717) is 13.0 Å². The summed E-state index contributed by atoms with van der Waals surface area (Å²) in [5.41, 5.74) is 5.34. The highest BCUT2D eigenvalue weighted by atomic mass is 31.2. The number of phosphoric acid groups is 1. The molecule has 2 atom stereocenters. The normalized spacial score (nSPS) is 14.1. The molecule has 0 bridgehead atoms. The zero-order valence-electron chi connectivity index (χ0n) is 28.8. The topological polar surface area (TPSA) is 117 Å². The van der Waals surface area contributed by atoms with E-state index in [4.69, 9.17) is 24.3 Å². The third kappa shape index (κ3) is 33.9. The summed E-state index contributed by atoms with van der Waals surface area (Å²) in [6, 6.07) is 0. The SMILES string of the molecule is CC/C=C\C/C=C\C/C=C\CCCCCCCC(=O)OC(COCCCCCCCCCCCCC)COP(=O)(O)OCCN. The van der Waals surface area contributed by atoms with Crippen molar-refractivity contribution < 1.29 is 32.8 Å². The summed E-state index contributed by atoms with van der Waals surface area (Å²) in [6.07, 6.45) is 35.8. The molecule has 45 heavy (non-hydrogen) atoms. The maximum absolute atomic E-state index is 12.5. The molecule has 0 aromatic rings. The van der Waals surface area contributed by atoms with Crippen LogP contribution in [0, 0.1) is 0 Å². The number of allylic oxidation sites excluding steroid dienone is 6. The molecule has 0 radical (unpaired) electrons. The molecule has 8 nitrogen and oxygen atoms in total. The number of ether oxygens (including phenoxy) is 2. The van der Waals surface area contributed by atoms with Crippen molar-refractivity contribution >= 4 is 13.8 Å². The average Bonchev–Trinajstić information content (AvgIpc) is 3.02. The first kappa shape index (κ1) is 43.7. The Balaban J connectivity index is 4.15. The minimum atomic E-state index is -4.27. The Bertz CT molecular complexity index is 787. The maximum Gasteiger partial charge on any atom is 0.472 e. The molecule has 0 heterocycles. The van der Waals surface area contributed by atoms with Crippen molar-refractivity contribution in [1.82, 2.24) is 0 Å². The van der Waals surface area contributed by atoms with Crippen molar-refractivity contribution in [1.29, 1.82) is 0 Å². The van der Waals surface area contributed by atoms with Crippen LogP contribution < -0.4 is 5.73 Å². The number of rotatable bonds is 34. The van der Waals surface area contributed by atoms with Gasteiger partial charge in [-0.25, -0.2) is 4.57 Å². The van der Waals surface area contributed by atoms with Crippen LogP contribution in [0.4, 0.5) is 0 Å². The first-order valence-corrected chi connectivity index (χ1v) is 19.5. The van der Waals surface area contributed by atoms with Gasteiger partial charge in [-0.3, -0.25) is 13.8 Å². The highest BCUT2D eigenvalue weighted by molar-refractivity contribution is 7.47. The molecular weight excluding hydrogens is 589 g/mol. The van der Waals surface area contributed by atoms with Gasteiger partial charge in [-0.05, 0) is 44.9 Å². The molecule has 0 amide bonds. The third-order valence-corrected chi connectivity index (χ3v) is 8.31. The minimum absolute atomic E-state index is 0.0973. The summed E-state index contributed by atoms with van der Waals surface area (Å²) >= 11 is 0. The van der Waals surface area contributed by atoms with Crippen LogP contribution >= 0.6 is 7.82 Å². The second-order valence-electron chi connectivity index (χ2n) is 11.7. The highest BCUT2D eigenvalue weighted by Crippen LogP contribution is 2.43. The molecule has 0 aliphatic heterocycles. The fourth-order valence-electron chi connectivity index (χ4n) is 4.72. The van der Waals surface area contributed by atoms with E-state index >= 15 is 0 Å². The van der Waals surface area contributed by atoms with Crippen molar-refractivity contribution in [3.63, 3.8) is 0 Å². The van der Waals surface area contributed by atoms with E-state index in [2.05, 4.69) is 50.3 Å². The number of phosphoric ester groups is 1. The van der Waals surface area contributed by atoms with Crippen LogP contribution in [0.25, 0.3) is 0 Å². The van der Waals surface area contributed by atoms with Crippen LogP contribution in [-0.4, -0.2) is 49.9 Å². The smallest absolute Gasteiger partial charge is 0.457 e.